The maximum absolute atomic E-state index is 12.1. The minimum atomic E-state index is 0.0346. The van der Waals surface area contributed by atoms with Crippen LogP contribution < -0.4 is 10.5 Å². The number of piperidine rings is 1. The molecule has 0 atom stereocenters. The number of rotatable bonds is 4. The van der Waals surface area contributed by atoms with Gasteiger partial charge in [0.25, 0.3) is 5.56 Å². The summed E-state index contributed by atoms with van der Waals surface area (Å²) in [4.78, 5) is 19.0. The molecule has 122 valence electrons. The fourth-order valence-corrected chi connectivity index (χ4v) is 4.09. The Morgan fingerprint density at radius 1 is 1.22 bits per heavy atom. The van der Waals surface area contributed by atoms with Gasteiger partial charge in [-0.2, -0.15) is 5.10 Å². The van der Waals surface area contributed by atoms with Crippen LogP contribution in [-0.4, -0.2) is 27.9 Å². The predicted molar refractivity (Wildman–Crippen MR) is 92.3 cm³/mol. The maximum Gasteiger partial charge on any atom is 0.266 e. The molecule has 4 rings (SSSR count). The van der Waals surface area contributed by atoms with Gasteiger partial charge >= 0.3 is 0 Å². The minimum Gasteiger partial charge on any atom is -0.348 e. The summed E-state index contributed by atoms with van der Waals surface area (Å²) in [6, 6.07) is 3.60. The average Bonchev–Trinajstić information content (AvgIpc) is 3.32. The molecule has 3 heterocycles. The van der Waals surface area contributed by atoms with Crippen molar-refractivity contribution in [2.75, 3.05) is 18.0 Å². The van der Waals surface area contributed by atoms with Crippen LogP contribution in [0.2, 0.25) is 0 Å². The highest BCUT2D eigenvalue weighted by Gasteiger charge is 2.26. The monoisotopic (exact) mass is 330 g/mol. The smallest absolute Gasteiger partial charge is 0.266 e. The normalized spacial score (nSPS) is 19.3. The van der Waals surface area contributed by atoms with E-state index in [4.69, 9.17) is 0 Å². The second kappa shape index (κ2) is 6.07. The molecule has 0 aromatic carbocycles. The molecule has 2 fully saturated rings. The largest absolute Gasteiger partial charge is 0.348 e. The Bertz CT molecular complexity index is 741. The fraction of sp³-hybridized carbons (Fsp3) is 0.588. The predicted octanol–water partition coefficient (Wildman–Crippen LogP) is 2.80. The van der Waals surface area contributed by atoms with Crippen molar-refractivity contribution in [1.29, 1.82) is 0 Å². The van der Waals surface area contributed by atoms with Gasteiger partial charge in [0, 0.05) is 37.0 Å². The Morgan fingerprint density at radius 3 is 2.65 bits per heavy atom. The summed E-state index contributed by atoms with van der Waals surface area (Å²) in [6.45, 7) is 4.84. The Labute approximate surface area is 140 Å². The lowest BCUT2D eigenvalue weighted by atomic mass is 9.97. The second-order valence-electron chi connectivity index (χ2n) is 6.75. The van der Waals surface area contributed by atoms with E-state index < -0.39 is 0 Å². The highest BCUT2D eigenvalue weighted by atomic mass is 32.1. The lowest BCUT2D eigenvalue weighted by molar-refractivity contribution is 0.333. The lowest BCUT2D eigenvalue weighted by Gasteiger charge is -2.31. The summed E-state index contributed by atoms with van der Waals surface area (Å²) in [5.41, 5.74) is 2.23. The van der Waals surface area contributed by atoms with E-state index >= 15 is 0 Å². The third-order valence-electron chi connectivity index (χ3n) is 4.81. The summed E-state index contributed by atoms with van der Waals surface area (Å²) in [5, 5.41) is 7.83. The van der Waals surface area contributed by atoms with Gasteiger partial charge in [0.15, 0.2) is 5.13 Å². The molecule has 0 radical (unpaired) electrons. The van der Waals surface area contributed by atoms with Crippen molar-refractivity contribution in [2.24, 2.45) is 5.92 Å². The van der Waals surface area contributed by atoms with Crippen molar-refractivity contribution in [3.63, 3.8) is 0 Å². The van der Waals surface area contributed by atoms with Crippen LogP contribution in [0.1, 0.15) is 43.0 Å². The van der Waals surface area contributed by atoms with Crippen LogP contribution in [0.4, 0.5) is 5.13 Å². The summed E-state index contributed by atoms with van der Waals surface area (Å²) >= 11 is 1.72. The first-order chi connectivity index (χ1) is 11.2. The molecule has 0 unspecified atom stereocenters. The van der Waals surface area contributed by atoms with E-state index in [2.05, 4.69) is 20.4 Å². The van der Waals surface area contributed by atoms with Crippen LogP contribution >= 0.6 is 11.3 Å². The molecule has 5 nitrogen and oxygen atoms in total. The molecule has 2 aromatic rings. The molecule has 23 heavy (non-hydrogen) atoms. The first kappa shape index (κ1) is 14.9. The minimum absolute atomic E-state index is 0.0346. The topological polar surface area (TPSA) is 51.0 Å². The van der Waals surface area contributed by atoms with Crippen LogP contribution in [0.25, 0.3) is 0 Å². The van der Waals surface area contributed by atoms with Crippen molar-refractivity contribution in [3.8, 4) is 0 Å². The molecular weight excluding hydrogens is 308 g/mol. The lowest BCUT2D eigenvalue weighted by Crippen LogP contribution is -2.36. The Kier molecular flexibility index (Phi) is 3.93. The fourth-order valence-electron chi connectivity index (χ4n) is 3.23. The van der Waals surface area contributed by atoms with E-state index in [1.54, 1.807) is 22.1 Å². The summed E-state index contributed by atoms with van der Waals surface area (Å²) in [5.74, 6) is 1.13. The zero-order valence-electron chi connectivity index (χ0n) is 13.4. The van der Waals surface area contributed by atoms with Crippen LogP contribution in [0.15, 0.2) is 22.3 Å². The average molecular weight is 330 g/mol. The van der Waals surface area contributed by atoms with Crippen LogP contribution in [-0.2, 0) is 6.54 Å². The highest BCUT2D eigenvalue weighted by molar-refractivity contribution is 7.13. The van der Waals surface area contributed by atoms with Gasteiger partial charge in [0.1, 0.15) is 0 Å². The number of aryl methyl sites for hydroxylation is 1. The number of aromatic nitrogens is 3. The van der Waals surface area contributed by atoms with Crippen molar-refractivity contribution in [1.82, 2.24) is 14.8 Å². The van der Waals surface area contributed by atoms with Crippen molar-refractivity contribution in [2.45, 2.75) is 45.1 Å². The second-order valence-corrected chi connectivity index (χ2v) is 7.59. The molecule has 6 heteroatoms. The molecule has 0 amide bonds. The molecule has 1 saturated heterocycles. The van der Waals surface area contributed by atoms with Crippen molar-refractivity contribution < 1.29 is 0 Å². The van der Waals surface area contributed by atoms with Gasteiger partial charge in [-0.1, -0.05) is 0 Å². The molecule has 2 aromatic heterocycles. The van der Waals surface area contributed by atoms with Crippen molar-refractivity contribution in [3.05, 3.63) is 39.3 Å². The van der Waals surface area contributed by atoms with Gasteiger partial charge in [-0.25, -0.2) is 9.67 Å². The van der Waals surface area contributed by atoms with E-state index in [9.17, 15) is 4.79 Å². The van der Waals surface area contributed by atoms with Gasteiger partial charge in [0.2, 0.25) is 0 Å². The molecule has 1 aliphatic carbocycles. The number of anilines is 1. The molecule has 1 aliphatic heterocycles. The third kappa shape index (κ3) is 3.32. The first-order valence-electron chi connectivity index (χ1n) is 8.44. The maximum atomic E-state index is 12.1. The highest BCUT2D eigenvalue weighted by Crippen LogP contribution is 2.38. The zero-order chi connectivity index (χ0) is 15.8. The zero-order valence-corrected chi connectivity index (χ0v) is 14.3. The molecular formula is C17H22N4OS. The van der Waals surface area contributed by atoms with Crippen LogP contribution in [0, 0.1) is 12.8 Å². The third-order valence-corrected chi connectivity index (χ3v) is 5.83. The van der Waals surface area contributed by atoms with Gasteiger partial charge in [-0.3, -0.25) is 4.79 Å². The molecule has 0 bridgehead atoms. The van der Waals surface area contributed by atoms with Gasteiger partial charge < -0.3 is 4.90 Å². The standard InChI is InChI=1S/C17H22N4OS/c1-12-11-23-17(18-12)20-8-6-13(7-9-20)10-21-16(22)5-4-15(19-21)14-2-3-14/h4-5,11,13-14H,2-3,6-10H2,1H3. The van der Waals surface area contributed by atoms with Crippen LogP contribution in [0.5, 0.6) is 0 Å². The summed E-state index contributed by atoms with van der Waals surface area (Å²) in [7, 11) is 0. The van der Waals surface area contributed by atoms with E-state index in [0.29, 0.717) is 11.8 Å². The van der Waals surface area contributed by atoms with Gasteiger partial charge in [-0.05, 0) is 44.6 Å². The number of thiazole rings is 1. The SMILES string of the molecule is Cc1csc(N2CCC(Cn3nc(C4CC4)ccc3=O)CC2)n1. The summed E-state index contributed by atoms with van der Waals surface area (Å²) in [6.07, 6.45) is 4.63. The van der Waals surface area contributed by atoms with E-state index in [1.807, 2.05) is 13.0 Å². The number of hydrogen-bond acceptors (Lipinski definition) is 5. The van der Waals surface area contributed by atoms with Crippen LogP contribution in [0.3, 0.4) is 0 Å². The first-order valence-corrected chi connectivity index (χ1v) is 9.32. The molecule has 0 N–H and O–H groups in total. The van der Waals surface area contributed by atoms with Gasteiger partial charge in [-0.15, -0.1) is 11.3 Å². The molecule has 2 aliphatic rings. The summed E-state index contributed by atoms with van der Waals surface area (Å²) < 4.78 is 1.70. The van der Waals surface area contributed by atoms with Gasteiger partial charge in [0.05, 0.1) is 11.4 Å². The Hall–Kier alpha value is -1.69. The quantitative estimate of drug-likeness (QED) is 0.865. The molecule has 1 saturated carbocycles. The van der Waals surface area contributed by atoms with Crippen molar-refractivity contribution >= 4 is 16.5 Å². The number of nitrogens with zero attached hydrogens (tertiary/aromatic N) is 4. The Balaban J connectivity index is 1.39. The van der Waals surface area contributed by atoms with E-state index in [1.165, 1.54) is 12.8 Å². The number of hydrogen-bond donors (Lipinski definition) is 0. The van der Waals surface area contributed by atoms with E-state index in [-0.39, 0.29) is 5.56 Å². The molecule has 0 spiro atoms. The van der Waals surface area contributed by atoms with E-state index in [0.717, 1.165) is 49.0 Å². The Morgan fingerprint density at radius 2 is 2.00 bits per heavy atom.